The number of aliphatic carboxylic acids is 1. The molecule has 29 heavy (non-hydrogen) atoms. The topological polar surface area (TPSA) is 84.6 Å². The molecule has 1 aromatic carbocycles. The third kappa shape index (κ3) is 7.69. The van der Waals surface area contributed by atoms with E-state index in [1.807, 2.05) is 12.1 Å². The van der Waals surface area contributed by atoms with Crippen LogP contribution in [0.15, 0.2) is 16.7 Å². The van der Waals surface area contributed by atoms with Gasteiger partial charge in [0, 0.05) is 17.4 Å². The van der Waals surface area contributed by atoms with Crippen LogP contribution in [0, 0.1) is 5.41 Å². The summed E-state index contributed by atoms with van der Waals surface area (Å²) in [6, 6.07) is 4.01. The molecule has 2 aromatic rings. The molecule has 0 bridgehead atoms. The van der Waals surface area contributed by atoms with Gasteiger partial charge in [0.05, 0.1) is 12.3 Å². The maximum atomic E-state index is 10.7. The standard InChI is InChI=1S/C23H36N2O4/c1-5-24-14-8-6-7-10-18-20(28-15-9-11-21(26)27)13-12-17-19(16-23(2,3)4)25-29-22(17)18/h12-13,24H,5-11,14-16H2,1-4H3,(H,26,27). The Morgan fingerprint density at radius 3 is 2.69 bits per heavy atom. The number of hydrogen-bond acceptors (Lipinski definition) is 5. The predicted octanol–water partition coefficient (Wildman–Crippen LogP) is 4.98. The van der Waals surface area contributed by atoms with Crippen molar-refractivity contribution in [2.24, 2.45) is 5.41 Å². The van der Waals surface area contributed by atoms with Crippen LogP contribution in [0.3, 0.4) is 0 Å². The summed E-state index contributed by atoms with van der Waals surface area (Å²) in [4.78, 5) is 10.7. The number of carbonyl (C=O) groups is 1. The van der Waals surface area contributed by atoms with Gasteiger partial charge in [-0.1, -0.05) is 39.3 Å². The zero-order chi connectivity index (χ0) is 21.3. The van der Waals surface area contributed by atoms with Gasteiger partial charge in [0.2, 0.25) is 0 Å². The lowest BCUT2D eigenvalue weighted by atomic mass is 9.89. The number of unbranched alkanes of at least 4 members (excludes halogenated alkanes) is 2. The smallest absolute Gasteiger partial charge is 0.303 e. The van der Waals surface area contributed by atoms with Gasteiger partial charge in [-0.25, -0.2) is 0 Å². The van der Waals surface area contributed by atoms with Crippen molar-refractivity contribution in [2.45, 2.75) is 72.6 Å². The number of nitrogens with one attached hydrogen (secondary N) is 1. The number of carboxylic acid groups (broad SMARTS) is 1. The van der Waals surface area contributed by atoms with E-state index < -0.39 is 5.97 Å². The van der Waals surface area contributed by atoms with Crippen LogP contribution in [0.2, 0.25) is 0 Å². The van der Waals surface area contributed by atoms with E-state index in [0.717, 1.165) is 73.2 Å². The number of carboxylic acids is 1. The van der Waals surface area contributed by atoms with Gasteiger partial charge in [-0.05, 0) is 62.7 Å². The molecule has 0 aliphatic carbocycles. The minimum absolute atomic E-state index is 0.111. The molecule has 0 radical (unpaired) electrons. The first-order valence-electron chi connectivity index (χ1n) is 10.8. The molecule has 1 heterocycles. The van der Waals surface area contributed by atoms with Gasteiger partial charge in [0.15, 0.2) is 5.58 Å². The monoisotopic (exact) mass is 404 g/mol. The minimum Gasteiger partial charge on any atom is -0.493 e. The first kappa shape index (κ1) is 23.2. The number of nitrogens with zero attached hydrogens (tertiary/aromatic N) is 1. The van der Waals surface area contributed by atoms with Crippen molar-refractivity contribution in [3.63, 3.8) is 0 Å². The summed E-state index contributed by atoms with van der Waals surface area (Å²) in [7, 11) is 0. The number of aryl methyl sites for hydroxylation is 1. The van der Waals surface area contributed by atoms with Crippen molar-refractivity contribution in [1.82, 2.24) is 10.5 Å². The first-order chi connectivity index (χ1) is 13.8. The molecular formula is C23H36N2O4. The molecule has 0 saturated heterocycles. The fourth-order valence-electron chi connectivity index (χ4n) is 3.40. The van der Waals surface area contributed by atoms with Gasteiger partial charge in [-0.2, -0.15) is 0 Å². The third-order valence-corrected chi connectivity index (χ3v) is 4.80. The summed E-state index contributed by atoms with van der Waals surface area (Å²) in [6.45, 7) is 11.1. The third-order valence-electron chi connectivity index (χ3n) is 4.80. The molecule has 0 atom stereocenters. The lowest BCUT2D eigenvalue weighted by Gasteiger charge is -2.16. The highest BCUT2D eigenvalue weighted by Gasteiger charge is 2.20. The van der Waals surface area contributed by atoms with Gasteiger partial charge in [0.1, 0.15) is 5.75 Å². The molecule has 0 fully saturated rings. The van der Waals surface area contributed by atoms with E-state index in [-0.39, 0.29) is 11.8 Å². The van der Waals surface area contributed by atoms with Crippen LogP contribution < -0.4 is 10.1 Å². The second-order valence-electron chi connectivity index (χ2n) is 8.80. The van der Waals surface area contributed by atoms with E-state index in [1.54, 1.807) is 0 Å². The number of ether oxygens (including phenoxy) is 1. The van der Waals surface area contributed by atoms with Crippen LogP contribution in [-0.2, 0) is 17.6 Å². The summed E-state index contributed by atoms with van der Waals surface area (Å²) >= 11 is 0. The fourth-order valence-corrected chi connectivity index (χ4v) is 3.40. The van der Waals surface area contributed by atoms with E-state index in [4.69, 9.17) is 14.4 Å². The summed E-state index contributed by atoms with van der Waals surface area (Å²) in [6.07, 6.45) is 5.63. The maximum absolute atomic E-state index is 10.7. The van der Waals surface area contributed by atoms with Gasteiger partial charge >= 0.3 is 5.97 Å². The Labute approximate surface area is 174 Å². The SMILES string of the molecule is CCNCCCCCc1c(OCCCC(=O)O)ccc2c(CC(C)(C)C)noc12. The van der Waals surface area contributed by atoms with E-state index >= 15 is 0 Å². The Hall–Kier alpha value is -2.08. The van der Waals surface area contributed by atoms with Gasteiger partial charge in [-0.15, -0.1) is 0 Å². The quantitative estimate of drug-likeness (QED) is 0.458. The number of fused-ring (bicyclic) bond motifs is 1. The number of benzene rings is 1. The molecule has 0 aliphatic rings. The Morgan fingerprint density at radius 1 is 1.21 bits per heavy atom. The van der Waals surface area contributed by atoms with Crippen molar-refractivity contribution < 1.29 is 19.2 Å². The summed E-state index contributed by atoms with van der Waals surface area (Å²) < 4.78 is 11.7. The second-order valence-corrected chi connectivity index (χ2v) is 8.80. The number of hydrogen-bond donors (Lipinski definition) is 2. The summed E-state index contributed by atoms with van der Waals surface area (Å²) in [5.41, 5.74) is 2.97. The highest BCUT2D eigenvalue weighted by atomic mass is 16.5. The Bertz CT molecular complexity index is 777. The van der Waals surface area contributed by atoms with Crippen molar-refractivity contribution >= 4 is 16.9 Å². The summed E-state index contributed by atoms with van der Waals surface area (Å²) in [5.74, 6) is -0.0138. The van der Waals surface area contributed by atoms with Crippen LogP contribution in [-0.4, -0.2) is 35.9 Å². The zero-order valence-corrected chi connectivity index (χ0v) is 18.3. The molecule has 6 nitrogen and oxygen atoms in total. The van der Waals surface area contributed by atoms with E-state index in [0.29, 0.717) is 13.0 Å². The normalized spacial score (nSPS) is 11.9. The van der Waals surface area contributed by atoms with Crippen molar-refractivity contribution in [3.8, 4) is 5.75 Å². The molecular weight excluding hydrogens is 368 g/mol. The Balaban J connectivity index is 2.15. The molecule has 162 valence electrons. The fraction of sp³-hybridized carbons (Fsp3) is 0.652. The second kappa shape index (κ2) is 11.2. The van der Waals surface area contributed by atoms with Crippen LogP contribution in [0.25, 0.3) is 11.0 Å². The Morgan fingerprint density at radius 2 is 2.00 bits per heavy atom. The Kier molecular flexibility index (Phi) is 8.96. The average molecular weight is 405 g/mol. The van der Waals surface area contributed by atoms with E-state index in [9.17, 15) is 4.79 Å². The molecule has 0 aliphatic heterocycles. The molecule has 1 aromatic heterocycles. The maximum Gasteiger partial charge on any atom is 0.303 e. The van der Waals surface area contributed by atoms with Gasteiger partial charge in [-0.3, -0.25) is 4.79 Å². The number of rotatable bonds is 13. The lowest BCUT2D eigenvalue weighted by molar-refractivity contribution is -0.137. The van der Waals surface area contributed by atoms with E-state index in [2.05, 4.69) is 38.2 Å². The number of aromatic nitrogens is 1. The lowest BCUT2D eigenvalue weighted by Crippen LogP contribution is -2.13. The van der Waals surface area contributed by atoms with Crippen molar-refractivity contribution in [2.75, 3.05) is 19.7 Å². The van der Waals surface area contributed by atoms with Crippen LogP contribution in [0.5, 0.6) is 5.75 Å². The minimum atomic E-state index is -0.799. The molecule has 0 saturated carbocycles. The predicted molar refractivity (Wildman–Crippen MR) is 116 cm³/mol. The van der Waals surface area contributed by atoms with Crippen molar-refractivity contribution in [1.29, 1.82) is 0 Å². The van der Waals surface area contributed by atoms with E-state index in [1.165, 1.54) is 0 Å². The van der Waals surface area contributed by atoms with Crippen molar-refractivity contribution in [3.05, 3.63) is 23.4 Å². The van der Waals surface area contributed by atoms with Crippen LogP contribution in [0.1, 0.15) is 71.1 Å². The molecule has 2 rings (SSSR count). The molecule has 2 N–H and O–H groups in total. The largest absolute Gasteiger partial charge is 0.493 e. The highest BCUT2D eigenvalue weighted by molar-refractivity contribution is 5.84. The molecule has 0 amide bonds. The average Bonchev–Trinajstić information content (AvgIpc) is 3.03. The van der Waals surface area contributed by atoms with Crippen LogP contribution in [0.4, 0.5) is 0 Å². The molecule has 0 unspecified atom stereocenters. The summed E-state index contributed by atoms with van der Waals surface area (Å²) in [5, 5.41) is 17.6. The molecule has 0 spiro atoms. The van der Waals surface area contributed by atoms with Crippen LogP contribution >= 0.6 is 0 Å². The first-order valence-corrected chi connectivity index (χ1v) is 10.8. The van der Waals surface area contributed by atoms with Gasteiger partial charge in [0.25, 0.3) is 0 Å². The van der Waals surface area contributed by atoms with Gasteiger partial charge < -0.3 is 19.7 Å². The molecule has 6 heteroatoms. The zero-order valence-electron chi connectivity index (χ0n) is 18.3. The highest BCUT2D eigenvalue weighted by Crippen LogP contribution is 2.34.